The Bertz CT molecular complexity index is 590. The first kappa shape index (κ1) is 17.7. The second-order valence-electron chi connectivity index (χ2n) is 6.43. The number of alkyl halides is 3. The van der Waals surface area contributed by atoms with E-state index in [1.54, 1.807) is 6.07 Å². The van der Waals surface area contributed by atoms with Crippen molar-refractivity contribution in [3.63, 3.8) is 0 Å². The Labute approximate surface area is 131 Å². The molecule has 0 saturated carbocycles. The first-order chi connectivity index (χ1) is 10.5. The Morgan fingerprint density at radius 3 is 2.17 bits per heavy atom. The molecule has 0 unspecified atom stereocenters. The number of carbonyl (C=O) groups is 1. The molecule has 1 aliphatic rings. The van der Waals surface area contributed by atoms with Crippen molar-refractivity contribution < 1.29 is 27.5 Å². The van der Waals surface area contributed by atoms with Crippen molar-refractivity contribution in [1.29, 1.82) is 0 Å². The third-order valence-corrected chi connectivity index (χ3v) is 4.49. The fourth-order valence-electron chi connectivity index (χ4n) is 2.84. The number of likely N-dealkylation sites (tertiary alicyclic amines) is 1. The number of halogens is 4. The van der Waals surface area contributed by atoms with Crippen molar-refractivity contribution in [3.8, 4) is 0 Å². The predicted octanol–water partition coefficient (Wildman–Crippen LogP) is 3.02. The first-order valence-corrected chi connectivity index (χ1v) is 7.32. The highest BCUT2D eigenvalue weighted by Crippen LogP contribution is 2.39. The summed E-state index contributed by atoms with van der Waals surface area (Å²) in [5.74, 6) is -0.985. The largest absolute Gasteiger partial charge is 0.417 e. The number of rotatable bonds is 2. The fourth-order valence-corrected chi connectivity index (χ4v) is 2.84. The summed E-state index contributed by atoms with van der Waals surface area (Å²) in [5.41, 5.74) is -3.76. The van der Waals surface area contributed by atoms with E-state index < -0.39 is 41.8 Å². The highest BCUT2D eigenvalue weighted by Gasteiger charge is 2.55. The molecule has 1 heterocycles. The Hall–Kier alpha value is -1.63. The summed E-state index contributed by atoms with van der Waals surface area (Å²) >= 11 is 0. The minimum Gasteiger partial charge on any atom is -0.380 e. The van der Waals surface area contributed by atoms with Crippen molar-refractivity contribution in [2.45, 2.75) is 43.9 Å². The Balaban J connectivity index is 2.15. The SMILES string of the molecule is CC(C)(C(=O)N1CCC(O)(C(F)(F)F)CC1)c1ccccc1F. The van der Waals surface area contributed by atoms with E-state index in [-0.39, 0.29) is 18.7 Å². The van der Waals surface area contributed by atoms with Gasteiger partial charge in [0, 0.05) is 31.5 Å². The van der Waals surface area contributed by atoms with Gasteiger partial charge in [0.2, 0.25) is 5.91 Å². The second-order valence-corrected chi connectivity index (χ2v) is 6.43. The molecule has 1 aromatic rings. The smallest absolute Gasteiger partial charge is 0.380 e. The fraction of sp³-hybridized carbons (Fsp3) is 0.562. The summed E-state index contributed by atoms with van der Waals surface area (Å²) in [7, 11) is 0. The van der Waals surface area contributed by atoms with Gasteiger partial charge in [-0.3, -0.25) is 4.79 Å². The third kappa shape index (κ3) is 3.20. The zero-order valence-corrected chi connectivity index (χ0v) is 13.0. The van der Waals surface area contributed by atoms with E-state index in [9.17, 15) is 27.5 Å². The van der Waals surface area contributed by atoms with Gasteiger partial charge in [-0.1, -0.05) is 18.2 Å². The van der Waals surface area contributed by atoms with Gasteiger partial charge < -0.3 is 10.0 Å². The van der Waals surface area contributed by atoms with E-state index in [1.165, 1.54) is 36.9 Å². The number of piperidine rings is 1. The van der Waals surface area contributed by atoms with Crippen molar-refractivity contribution in [2.75, 3.05) is 13.1 Å². The topological polar surface area (TPSA) is 40.5 Å². The van der Waals surface area contributed by atoms with E-state index >= 15 is 0 Å². The minimum absolute atomic E-state index is 0.196. The van der Waals surface area contributed by atoms with E-state index in [1.807, 2.05) is 0 Å². The lowest BCUT2D eigenvalue weighted by atomic mass is 9.81. The highest BCUT2D eigenvalue weighted by atomic mass is 19.4. The Morgan fingerprint density at radius 2 is 1.70 bits per heavy atom. The first-order valence-electron chi connectivity index (χ1n) is 7.32. The molecule has 0 spiro atoms. The molecule has 1 aromatic carbocycles. The average molecular weight is 333 g/mol. The van der Waals surface area contributed by atoms with Crippen LogP contribution in [0.25, 0.3) is 0 Å². The van der Waals surface area contributed by atoms with Gasteiger partial charge in [0.05, 0.1) is 5.41 Å². The van der Waals surface area contributed by atoms with Crippen LogP contribution >= 0.6 is 0 Å². The van der Waals surface area contributed by atoms with Gasteiger partial charge >= 0.3 is 6.18 Å². The molecule has 0 atom stereocenters. The summed E-state index contributed by atoms with van der Waals surface area (Å²) in [4.78, 5) is 13.9. The molecule has 0 aliphatic carbocycles. The quantitative estimate of drug-likeness (QED) is 0.845. The van der Waals surface area contributed by atoms with Crippen molar-refractivity contribution >= 4 is 5.91 Å². The number of amides is 1. The number of nitrogens with zero attached hydrogens (tertiary/aromatic N) is 1. The average Bonchev–Trinajstić information content (AvgIpc) is 2.46. The van der Waals surface area contributed by atoms with Crippen LogP contribution in [0.5, 0.6) is 0 Å². The Kier molecular flexibility index (Phi) is 4.45. The van der Waals surface area contributed by atoms with Gasteiger partial charge in [-0.2, -0.15) is 13.2 Å². The second kappa shape index (κ2) is 5.78. The molecule has 7 heteroatoms. The third-order valence-electron chi connectivity index (χ3n) is 4.49. The highest BCUT2D eigenvalue weighted by molar-refractivity contribution is 5.87. The molecular formula is C16H19F4NO2. The molecule has 3 nitrogen and oxygen atoms in total. The number of hydrogen-bond acceptors (Lipinski definition) is 2. The lowest BCUT2D eigenvalue weighted by molar-refractivity contribution is -0.272. The summed E-state index contributed by atoms with van der Waals surface area (Å²) < 4.78 is 52.3. The van der Waals surface area contributed by atoms with Crippen LogP contribution in [0, 0.1) is 5.82 Å². The van der Waals surface area contributed by atoms with Gasteiger partial charge in [-0.25, -0.2) is 4.39 Å². The van der Waals surface area contributed by atoms with Crippen LogP contribution < -0.4 is 0 Å². The molecular weight excluding hydrogens is 314 g/mol. The predicted molar refractivity (Wildman–Crippen MR) is 76.2 cm³/mol. The molecule has 0 bridgehead atoms. The van der Waals surface area contributed by atoms with Crippen LogP contribution in [-0.4, -0.2) is 40.8 Å². The molecule has 0 aromatic heterocycles. The van der Waals surface area contributed by atoms with Crippen LogP contribution in [0.1, 0.15) is 32.3 Å². The van der Waals surface area contributed by atoms with Gasteiger partial charge in [-0.15, -0.1) is 0 Å². The van der Waals surface area contributed by atoms with Crippen molar-refractivity contribution in [3.05, 3.63) is 35.6 Å². The van der Waals surface area contributed by atoms with Gasteiger partial charge in [0.15, 0.2) is 5.60 Å². The molecule has 1 N–H and O–H groups in total. The molecule has 1 fully saturated rings. The van der Waals surface area contributed by atoms with Gasteiger partial charge in [0.1, 0.15) is 5.82 Å². The lowest BCUT2D eigenvalue weighted by Crippen LogP contribution is -2.56. The standard InChI is InChI=1S/C16H19F4NO2/c1-14(2,11-5-3-4-6-12(11)17)13(22)21-9-7-15(23,8-10-21)16(18,19)20/h3-6,23H,7-10H2,1-2H3. The zero-order valence-electron chi connectivity index (χ0n) is 13.0. The van der Waals surface area contributed by atoms with E-state index in [2.05, 4.69) is 0 Å². The molecule has 23 heavy (non-hydrogen) atoms. The molecule has 128 valence electrons. The normalized spacial score (nSPS) is 18.8. The number of carbonyl (C=O) groups excluding carboxylic acids is 1. The molecule has 1 amide bonds. The number of hydrogen-bond donors (Lipinski definition) is 1. The van der Waals surface area contributed by atoms with Crippen LogP contribution in [0.4, 0.5) is 17.6 Å². The maximum atomic E-state index is 13.9. The summed E-state index contributed by atoms with van der Waals surface area (Å²) in [6.45, 7) is 2.65. The van der Waals surface area contributed by atoms with E-state index in [0.29, 0.717) is 0 Å². The number of aliphatic hydroxyl groups is 1. The van der Waals surface area contributed by atoms with Crippen LogP contribution in [0.3, 0.4) is 0 Å². The minimum atomic E-state index is -4.72. The molecule has 1 aliphatic heterocycles. The van der Waals surface area contributed by atoms with Crippen LogP contribution in [0.2, 0.25) is 0 Å². The Morgan fingerprint density at radius 1 is 1.17 bits per heavy atom. The van der Waals surface area contributed by atoms with Gasteiger partial charge in [-0.05, 0) is 19.9 Å². The van der Waals surface area contributed by atoms with Crippen LogP contribution in [-0.2, 0) is 10.2 Å². The lowest BCUT2D eigenvalue weighted by Gasteiger charge is -2.41. The maximum Gasteiger partial charge on any atom is 0.417 e. The summed E-state index contributed by atoms with van der Waals surface area (Å²) in [6.07, 6.45) is -5.87. The van der Waals surface area contributed by atoms with E-state index in [4.69, 9.17) is 0 Å². The molecule has 0 radical (unpaired) electrons. The maximum absolute atomic E-state index is 13.9. The molecule has 2 rings (SSSR count). The van der Waals surface area contributed by atoms with E-state index in [0.717, 1.165) is 0 Å². The summed E-state index contributed by atoms with van der Waals surface area (Å²) in [6, 6.07) is 5.84. The number of benzene rings is 1. The monoisotopic (exact) mass is 333 g/mol. The van der Waals surface area contributed by atoms with Gasteiger partial charge in [0.25, 0.3) is 0 Å². The zero-order chi connectivity index (χ0) is 17.5. The van der Waals surface area contributed by atoms with Crippen molar-refractivity contribution in [2.24, 2.45) is 0 Å². The van der Waals surface area contributed by atoms with Crippen molar-refractivity contribution in [1.82, 2.24) is 4.90 Å². The summed E-state index contributed by atoms with van der Waals surface area (Å²) in [5, 5.41) is 9.65. The molecule has 1 saturated heterocycles. The van der Waals surface area contributed by atoms with Crippen LogP contribution in [0.15, 0.2) is 24.3 Å².